The SMILES string of the molecule is Cl.O=C1Cc2c(Cl)cccc2-c2ccccc21. The van der Waals surface area contributed by atoms with Crippen molar-refractivity contribution in [1.82, 2.24) is 0 Å². The van der Waals surface area contributed by atoms with E-state index in [2.05, 4.69) is 0 Å². The van der Waals surface area contributed by atoms with E-state index >= 15 is 0 Å². The van der Waals surface area contributed by atoms with Crippen molar-refractivity contribution in [3.63, 3.8) is 0 Å². The number of Topliss-reactive ketones (excluding diaryl/α,β-unsaturated/α-hetero) is 1. The van der Waals surface area contributed by atoms with Crippen molar-refractivity contribution < 1.29 is 4.79 Å². The van der Waals surface area contributed by atoms with E-state index in [4.69, 9.17) is 11.6 Å². The van der Waals surface area contributed by atoms with E-state index in [0.717, 1.165) is 22.3 Å². The molecule has 3 heteroatoms. The molecule has 86 valence electrons. The number of halogens is 2. The van der Waals surface area contributed by atoms with Gasteiger partial charge < -0.3 is 0 Å². The molecule has 1 aliphatic rings. The van der Waals surface area contributed by atoms with Gasteiger partial charge in [-0.15, -0.1) is 12.4 Å². The lowest BCUT2D eigenvalue weighted by Gasteiger charge is -2.19. The first-order valence-corrected chi connectivity index (χ1v) is 5.55. The van der Waals surface area contributed by atoms with Gasteiger partial charge in [0, 0.05) is 17.0 Å². The van der Waals surface area contributed by atoms with E-state index in [0.29, 0.717) is 11.4 Å². The molecule has 0 heterocycles. The summed E-state index contributed by atoms with van der Waals surface area (Å²) < 4.78 is 0. The molecule has 0 fully saturated rings. The summed E-state index contributed by atoms with van der Waals surface area (Å²) in [6.45, 7) is 0. The van der Waals surface area contributed by atoms with Gasteiger partial charge in [-0.05, 0) is 22.8 Å². The van der Waals surface area contributed by atoms with Crippen molar-refractivity contribution in [2.24, 2.45) is 0 Å². The summed E-state index contributed by atoms with van der Waals surface area (Å²) in [5.74, 6) is 0.149. The fourth-order valence-corrected chi connectivity index (χ4v) is 2.45. The molecule has 0 aromatic heterocycles. The second kappa shape index (κ2) is 4.52. The van der Waals surface area contributed by atoms with Gasteiger partial charge in [0.05, 0.1) is 0 Å². The third-order valence-electron chi connectivity index (χ3n) is 2.97. The van der Waals surface area contributed by atoms with Crippen molar-refractivity contribution in [2.45, 2.75) is 6.42 Å². The summed E-state index contributed by atoms with van der Waals surface area (Å²) >= 11 is 6.12. The summed E-state index contributed by atoms with van der Waals surface area (Å²) in [7, 11) is 0. The first kappa shape index (κ1) is 12.2. The highest BCUT2D eigenvalue weighted by molar-refractivity contribution is 6.32. The molecule has 0 unspecified atom stereocenters. The standard InChI is InChI=1S/C14H9ClO.ClH/c15-13-7-3-6-10-9-4-1-2-5-11(9)14(16)8-12(10)13;/h1-7H,8H2;1H. The number of carbonyl (C=O) groups is 1. The zero-order chi connectivity index (χ0) is 11.1. The zero-order valence-electron chi connectivity index (χ0n) is 8.94. The van der Waals surface area contributed by atoms with Crippen LogP contribution < -0.4 is 0 Å². The van der Waals surface area contributed by atoms with Gasteiger partial charge in [-0.1, -0.05) is 48.0 Å². The molecular weight excluding hydrogens is 255 g/mol. The Labute approximate surface area is 111 Å². The average molecular weight is 265 g/mol. The van der Waals surface area contributed by atoms with Crippen LogP contribution in [-0.4, -0.2) is 5.78 Å². The van der Waals surface area contributed by atoms with Gasteiger partial charge in [0.1, 0.15) is 0 Å². The summed E-state index contributed by atoms with van der Waals surface area (Å²) in [5, 5.41) is 0.681. The van der Waals surface area contributed by atoms with Crippen molar-refractivity contribution in [3.05, 3.63) is 58.6 Å². The quantitative estimate of drug-likeness (QED) is 0.698. The third-order valence-corrected chi connectivity index (χ3v) is 3.33. The molecule has 17 heavy (non-hydrogen) atoms. The van der Waals surface area contributed by atoms with Gasteiger partial charge in [0.25, 0.3) is 0 Å². The maximum absolute atomic E-state index is 11.9. The van der Waals surface area contributed by atoms with Crippen LogP contribution in [0.5, 0.6) is 0 Å². The Kier molecular flexibility index (Phi) is 3.23. The predicted molar refractivity (Wildman–Crippen MR) is 72.2 cm³/mol. The maximum atomic E-state index is 11.9. The first-order valence-electron chi connectivity index (χ1n) is 5.17. The predicted octanol–water partition coefficient (Wildman–Crippen LogP) is 4.17. The Morgan fingerprint density at radius 1 is 0.882 bits per heavy atom. The minimum absolute atomic E-state index is 0. The van der Waals surface area contributed by atoms with E-state index in [9.17, 15) is 4.79 Å². The van der Waals surface area contributed by atoms with Gasteiger partial charge in [-0.2, -0.15) is 0 Å². The highest BCUT2D eigenvalue weighted by Gasteiger charge is 2.23. The molecular formula is C14H10Cl2O. The van der Waals surface area contributed by atoms with Crippen LogP contribution in [0, 0.1) is 0 Å². The Morgan fingerprint density at radius 2 is 1.53 bits per heavy atom. The molecule has 0 radical (unpaired) electrons. The molecule has 0 amide bonds. The van der Waals surface area contributed by atoms with Crippen molar-refractivity contribution in [3.8, 4) is 11.1 Å². The lowest BCUT2D eigenvalue weighted by molar-refractivity contribution is 0.0992. The second-order valence-electron chi connectivity index (χ2n) is 3.91. The molecule has 0 aliphatic heterocycles. The summed E-state index contributed by atoms with van der Waals surface area (Å²) in [4.78, 5) is 11.9. The van der Waals surface area contributed by atoms with Crippen LogP contribution in [0.25, 0.3) is 11.1 Å². The monoisotopic (exact) mass is 264 g/mol. The van der Waals surface area contributed by atoms with E-state index in [1.54, 1.807) is 0 Å². The molecule has 0 atom stereocenters. The number of hydrogen-bond donors (Lipinski definition) is 0. The lowest BCUT2D eigenvalue weighted by atomic mass is 9.85. The number of fused-ring (bicyclic) bond motifs is 3. The fourth-order valence-electron chi connectivity index (χ4n) is 2.21. The molecule has 0 N–H and O–H groups in total. The van der Waals surface area contributed by atoms with Crippen LogP contribution in [-0.2, 0) is 6.42 Å². The molecule has 2 aromatic rings. The van der Waals surface area contributed by atoms with Gasteiger partial charge in [-0.25, -0.2) is 0 Å². The molecule has 2 aromatic carbocycles. The first-order chi connectivity index (χ1) is 7.77. The van der Waals surface area contributed by atoms with Crippen LogP contribution in [0.15, 0.2) is 42.5 Å². The van der Waals surface area contributed by atoms with Crippen molar-refractivity contribution >= 4 is 29.8 Å². The number of ketones is 1. The highest BCUT2D eigenvalue weighted by Crippen LogP contribution is 2.36. The largest absolute Gasteiger partial charge is 0.294 e. The van der Waals surface area contributed by atoms with Crippen LogP contribution in [0.1, 0.15) is 15.9 Å². The average Bonchev–Trinajstić information content (AvgIpc) is 2.31. The van der Waals surface area contributed by atoms with Crippen LogP contribution in [0.3, 0.4) is 0 Å². The summed E-state index contributed by atoms with van der Waals surface area (Å²) in [5.41, 5.74) is 3.84. The Bertz CT molecular complexity index is 591. The minimum atomic E-state index is 0. The van der Waals surface area contributed by atoms with E-state index < -0.39 is 0 Å². The normalized spacial score (nSPS) is 12.4. The molecule has 0 saturated heterocycles. The number of hydrogen-bond acceptors (Lipinski definition) is 1. The van der Waals surface area contributed by atoms with Gasteiger partial charge in [0.2, 0.25) is 0 Å². The van der Waals surface area contributed by atoms with E-state index in [1.807, 2.05) is 42.5 Å². The highest BCUT2D eigenvalue weighted by atomic mass is 35.5. The summed E-state index contributed by atoms with van der Waals surface area (Å²) in [6, 6.07) is 13.5. The van der Waals surface area contributed by atoms with Crippen molar-refractivity contribution in [2.75, 3.05) is 0 Å². The Balaban J connectivity index is 0.00000108. The molecule has 0 bridgehead atoms. The number of benzene rings is 2. The maximum Gasteiger partial charge on any atom is 0.167 e. The Hall–Kier alpha value is -1.31. The van der Waals surface area contributed by atoms with Crippen LogP contribution in [0.4, 0.5) is 0 Å². The smallest absolute Gasteiger partial charge is 0.167 e. The minimum Gasteiger partial charge on any atom is -0.294 e. The molecule has 0 spiro atoms. The molecule has 1 nitrogen and oxygen atoms in total. The molecule has 0 saturated carbocycles. The van der Waals surface area contributed by atoms with Crippen molar-refractivity contribution in [1.29, 1.82) is 0 Å². The van der Waals surface area contributed by atoms with Gasteiger partial charge in [-0.3, -0.25) is 4.79 Å². The second-order valence-corrected chi connectivity index (χ2v) is 4.32. The molecule has 1 aliphatic carbocycles. The lowest BCUT2D eigenvalue weighted by Crippen LogP contribution is -2.12. The number of carbonyl (C=O) groups excluding carboxylic acids is 1. The van der Waals surface area contributed by atoms with Gasteiger partial charge >= 0.3 is 0 Å². The number of rotatable bonds is 0. The fraction of sp³-hybridized carbons (Fsp3) is 0.0714. The zero-order valence-corrected chi connectivity index (χ0v) is 10.5. The van der Waals surface area contributed by atoms with Crippen LogP contribution >= 0.6 is 24.0 Å². The Morgan fingerprint density at radius 3 is 2.29 bits per heavy atom. The van der Waals surface area contributed by atoms with Gasteiger partial charge in [0.15, 0.2) is 5.78 Å². The summed E-state index contributed by atoms with van der Waals surface area (Å²) in [6.07, 6.45) is 0.409. The third kappa shape index (κ3) is 1.86. The van der Waals surface area contributed by atoms with E-state index in [1.165, 1.54) is 0 Å². The van der Waals surface area contributed by atoms with E-state index in [-0.39, 0.29) is 18.2 Å². The molecule has 3 rings (SSSR count). The topological polar surface area (TPSA) is 17.1 Å². The van der Waals surface area contributed by atoms with Crippen LogP contribution in [0.2, 0.25) is 5.02 Å².